The summed E-state index contributed by atoms with van der Waals surface area (Å²) in [4.78, 5) is 30.5. The molecule has 1 aromatic heterocycles. The second kappa shape index (κ2) is 7.95. The van der Waals surface area contributed by atoms with E-state index >= 15 is 0 Å². The van der Waals surface area contributed by atoms with Crippen LogP contribution in [0.15, 0.2) is 34.9 Å². The van der Waals surface area contributed by atoms with E-state index in [2.05, 4.69) is 20.9 Å². The lowest BCUT2D eigenvalue weighted by molar-refractivity contribution is -0.145. The second-order valence-corrected chi connectivity index (χ2v) is 8.54. The van der Waals surface area contributed by atoms with Crippen molar-refractivity contribution in [2.75, 3.05) is 13.7 Å². The second-order valence-electron chi connectivity index (χ2n) is 7.63. The van der Waals surface area contributed by atoms with Crippen molar-refractivity contribution in [3.05, 3.63) is 34.9 Å². The molecule has 0 radical (unpaired) electrons. The van der Waals surface area contributed by atoms with Crippen LogP contribution in [0.3, 0.4) is 0 Å². The van der Waals surface area contributed by atoms with Gasteiger partial charge in [-0.3, -0.25) is 4.90 Å². The molecule has 0 aliphatic carbocycles. The highest BCUT2D eigenvalue weighted by molar-refractivity contribution is 9.10. The summed E-state index contributed by atoms with van der Waals surface area (Å²) in [6.07, 6.45) is 0.999. The highest BCUT2D eigenvalue weighted by Gasteiger charge is 2.43. The van der Waals surface area contributed by atoms with Crippen LogP contribution in [-0.2, 0) is 14.3 Å². The van der Waals surface area contributed by atoms with Crippen LogP contribution in [0.5, 0.6) is 5.88 Å². The predicted octanol–water partition coefficient (Wildman–Crippen LogP) is 3.93. The summed E-state index contributed by atoms with van der Waals surface area (Å²) in [6, 6.07) is 6.97. The van der Waals surface area contributed by atoms with Crippen molar-refractivity contribution in [3.63, 3.8) is 0 Å². The molecule has 1 saturated heterocycles. The number of fused-ring (bicyclic) bond motifs is 1. The Labute approximate surface area is 172 Å². The topological polar surface area (TPSA) is 78.0 Å². The average molecular weight is 451 g/mol. The minimum atomic E-state index is -0.758. The van der Waals surface area contributed by atoms with Gasteiger partial charge in [0.05, 0.1) is 13.7 Å². The summed E-state index contributed by atoms with van der Waals surface area (Å²) in [6.45, 7) is 5.54. The molecule has 1 aliphatic heterocycles. The van der Waals surface area contributed by atoms with E-state index in [-0.39, 0.29) is 6.54 Å². The van der Waals surface area contributed by atoms with Crippen molar-refractivity contribution in [1.82, 2.24) is 9.88 Å². The van der Waals surface area contributed by atoms with Gasteiger partial charge in [0.25, 0.3) is 0 Å². The summed E-state index contributed by atoms with van der Waals surface area (Å²) >= 11 is 3.46. The van der Waals surface area contributed by atoms with Gasteiger partial charge in [0, 0.05) is 22.5 Å². The quantitative estimate of drug-likeness (QED) is 0.659. The van der Waals surface area contributed by atoms with Gasteiger partial charge in [0.2, 0.25) is 5.88 Å². The Balaban J connectivity index is 1.83. The SMILES string of the molecule is COC(=O)C1CC(Oc2nccc3ccc(Br)cc23)CN1C(=O)OC(C)(C)C. The van der Waals surface area contributed by atoms with Gasteiger partial charge in [0.15, 0.2) is 0 Å². The molecule has 8 heteroatoms. The van der Waals surface area contributed by atoms with Crippen LogP contribution in [0.25, 0.3) is 10.8 Å². The van der Waals surface area contributed by atoms with Gasteiger partial charge in [-0.05, 0) is 44.4 Å². The third kappa shape index (κ3) is 4.55. The molecule has 2 unspecified atom stereocenters. The number of aromatic nitrogens is 1. The Kier molecular flexibility index (Phi) is 5.79. The van der Waals surface area contributed by atoms with Gasteiger partial charge >= 0.3 is 12.1 Å². The first kappa shape index (κ1) is 20.4. The van der Waals surface area contributed by atoms with Crippen molar-refractivity contribution in [2.45, 2.75) is 44.9 Å². The molecule has 0 saturated carbocycles. The Morgan fingerprint density at radius 1 is 1.25 bits per heavy atom. The maximum absolute atomic E-state index is 12.6. The van der Waals surface area contributed by atoms with E-state index in [1.807, 2.05) is 24.3 Å². The zero-order valence-electron chi connectivity index (χ0n) is 16.3. The smallest absolute Gasteiger partial charge is 0.411 e. The number of carbonyl (C=O) groups excluding carboxylic acids is 2. The zero-order chi connectivity index (χ0) is 20.5. The summed E-state index contributed by atoms with van der Waals surface area (Å²) in [5.41, 5.74) is -0.667. The maximum atomic E-state index is 12.6. The number of benzene rings is 1. The zero-order valence-corrected chi connectivity index (χ0v) is 17.9. The number of methoxy groups -OCH3 is 1. The lowest BCUT2D eigenvalue weighted by Crippen LogP contribution is -2.44. The first-order chi connectivity index (χ1) is 13.2. The number of pyridine rings is 1. The highest BCUT2D eigenvalue weighted by atomic mass is 79.9. The molecule has 150 valence electrons. The van der Waals surface area contributed by atoms with E-state index in [4.69, 9.17) is 14.2 Å². The lowest BCUT2D eigenvalue weighted by Gasteiger charge is -2.27. The first-order valence-corrected chi connectivity index (χ1v) is 9.75. The number of amides is 1. The van der Waals surface area contributed by atoms with Gasteiger partial charge < -0.3 is 14.2 Å². The molecule has 0 bridgehead atoms. The van der Waals surface area contributed by atoms with Crippen LogP contribution in [0.4, 0.5) is 4.79 Å². The number of likely N-dealkylation sites (tertiary alicyclic amines) is 1. The van der Waals surface area contributed by atoms with Crippen molar-refractivity contribution < 1.29 is 23.8 Å². The van der Waals surface area contributed by atoms with Crippen LogP contribution in [-0.4, -0.2) is 53.3 Å². The van der Waals surface area contributed by atoms with Gasteiger partial charge in [-0.1, -0.05) is 22.0 Å². The monoisotopic (exact) mass is 450 g/mol. The number of halogens is 1. The van der Waals surface area contributed by atoms with Crippen LogP contribution in [0.1, 0.15) is 27.2 Å². The molecule has 2 heterocycles. The molecule has 1 aromatic carbocycles. The van der Waals surface area contributed by atoms with Crippen molar-refractivity contribution in [3.8, 4) is 5.88 Å². The molecule has 7 nitrogen and oxygen atoms in total. The van der Waals surface area contributed by atoms with Crippen molar-refractivity contribution in [1.29, 1.82) is 0 Å². The fourth-order valence-electron chi connectivity index (χ4n) is 3.13. The fourth-order valence-corrected chi connectivity index (χ4v) is 3.49. The van der Waals surface area contributed by atoms with Crippen LogP contribution in [0.2, 0.25) is 0 Å². The Bertz CT molecular complexity index is 896. The number of esters is 1. The van der Waals surface area contributed by atoms with Gasteiger partial charge in [-0.2, -0.15) is 0 Å². The van der Waals surface area contributed by atoms with Crippen LogP contribution < -0.4 is 4.74 Å². The lowest BCUT2D eigenvalue weighted by atomic mass is 10.1. The minimum Gasteiger partial charge on any atom is -0.472 e. The molecule has 0 spiro atoms. The Morgan fingerprint density at radius 2 is 2.00 bits per heavy atom. The van der Waals surface area contributed by atoms with E-state index in [0.29, 0.717) is 12.3 Å². The van der Waals surface area contributed by atoms with E-state index < -0.39 is 29.8 Å². The van der Waals surface area contributed by atoms with Gasteiger partial charge in [0.1, 0.15) is 17.7 Å². The van der Waals surface area contributed by atoms with Crippen LogP contribution in [0, 0.1) is 0 Å². The first-order valence-electron chi connectivity index (χ1n) is 8.96. The molecule has 3 rings (SSSR count). The molecule has 1 amide bonds. The number of hydrogen-bond donors (Lipinski definition) is 0. The maximum Gasteiger partial charge on any atom is 0.411 e. The van der Waals surface area contributed by atoms with E-state index in [1.54, 1.807) is 27.0 Å². The van der Waals surface area contributed by atoms with E-state index in [0.717, 1.165) is 15.2 Å². The summed E-state index contributed by atoms with van der Waals surface area (Å²) < 4.78 is 17.3. The van der Waals surface area contributed by atoms with Gasteiger partial charge in [-0.15, -0.1) is 0 Å². The Hall–Kier alpha value is -2.35. The number of nitrogens with zero attached hydrogens (tertiary/aromatic N) is 2. The average Bonchev–Trinajstić information content (AvgIpc) is 3.04. The third-order valence-electron chi connectivity index (χ3n) is 4.33. The molecule has 1 aliphatic rings. The normalized spacial score (nSPS) is 19.5. The third-order valence-corrected chi connectivity index (χ3v) is 4.83. The fraction of sp³-hybridized carbons (Fsp3) is 0.450. The summed E-state index contributed by atoms with van der Waals surface area (Å²) in [5.74, 6) is -0.0379. The summed E-state index contributed by atoms with van der Waals surface area (Å²) in [5, 5.41) is 1.84. The number of hydrogen-bond acceptors (Lipinski definition) is 6. The summed E-state index contributed by atoms with van der Waals surface area (Å²) in [7, 11) is 1.30. The molecule has 2 atom stereocenters. The molecular weight excluding hydrogens is 428 g/mol. The number of carbonyl (C=O) groups is 2. The standard InChI is InChI=1S/C20H23BrN2O5/c1-20(2,3)28-19(25)23-11-14(10-16(23)18(24)26-4)27-17-15-9-13(21)6-5-12(15)7-8-22-17/h5-9,14,16H,10-11H2,1-4H3. The predicted molar refractivity (Wildman–Crippen MR) is 107 cm³/mol. The molecular formula is C20H23BrN2O5. The molecule has 2 aromatic rings. The largest absolute Gasteiger partial charge is 0.472 e. The molecule has 0 N–H and O–H groups in total. The van der Waals surface area contributed by atoms with Crippen LogP contribution >= 0.6 is 15.9 Å². The number of ether oxygens (including phenoxy) is 3. The van der Waals surface area contributed by atoms with Crippen molar-refractivity contribution >= 4 is 38.8 Å². The number of rotatable bonds is 3. The Morgan fingerprint density at radius 3 is 2.68 bits per heavy atom. The molecule has 28 heavy (non-hydrogen) atoms. The van der Waals surface area contributed by atoms with Crippen molar-refractivity contribution in [2.24, 2.45) is 0 Å². The van der Waals surface area contributed by atoms with E-state index in [1.165, 1.54) is 12.0 Å². The van der Waals surface area contributed by atoms with Gasteiger partial charge in [-0.25, -0.2) is 14.6 Å². The molecule has 1 fully saturated rings. The minimum absolute atomic E-state index is 0.209. The van der Waals surface area contributed by atoms with E-state index in [9.17, 15) is 9.59 Å². The highest BCUT2D eigenvalue weighted by Crippen LogP contribution is 2.30.